The minimum Gasteiger partial charge on any atom is -0.103 e. The molecule has 2 rings (SSSR count). The lowest BCUT2D eigenvalue weighted by molar-refractivity contribution is 0.590. The highest BCUT2D eigenvalue weighted by atomic mass is 14.0. The average Bonchev–Trinajstić information content (AvgIpc) is 2.71. The van der Waals surface area contributed by atoms with E-state index in [4.69, 9.17) is 0 Å². The van der Waals surface area contributed by atoms with Gasteiger partial charge in [-0.15, -0.1) is 6.58 Å². The van der Waals surface area contributed by atoms with Gasteiger partial charge in [-0.25, -0.2) is 0 Å². The molecule has 0 aliphatic rings. The summed E-state index contributed by atoms with van der Waals surface area (Å²) >= 11 is 0. The van der Waals surface area contributed by atoms with E-state index in [9.17, 15) is 0 Å². The van der Waals surface area contributed by atoms with E-state index >= 15 is 0 Å². The van der Waals surface area contributed by atoms with Crippen LogP contribution in [0.4, 0.5) is 0 Å². The van der Waals surface area contributed by atoms with Gasteiger partial charge in [0, 0.05) is 0 Å². The van der Waals surface area contributed by atoms with Crippen molar-refractivity contribution in [2.45, 2.75) is 53.9 Å². The molecule has 0 aliphatic carbocycles. The second kappa shape index (κ2) is 15.9. The summed E-state index contributed by atoms with van der Waals surface area (Å²) in [4.78, 5) is 0. The van der Waals surface area contributed by atoms with Gasteiger partial charge in [-0.2, -0.15) is 0 Å². The lowest BCUT2D eigenvalue weighted by Gasteiger charge is -2.06. The molecule has 1 atom stereocenters. The van der Waals surface area contributed by atoms with Crippen LogP contribution in [0.25, 0.3) is 12.2 Å². The fourth-order valence-corrected chi connectivity index (χ4v) is 2.46. The molecule has 0 bridgehead atoms. The summed E-state index contributed by atoms with van der Waals surface area (Å²) in [6.45, 7) is 18.0. The van der Waals surface area contributed by atoms with Crippen LogP contribution in [0.1, 0.15) is 62.3 Å². The van der Waals surface area contributed by atoms with E-state index in [1.165, 1.54) is 35.1 Å². The maximum Gasteiger partial charge on any atom is -0.0202 e. The Morgan fingerprint density at radius 3 is 1.70 bits per heavy atom. The van der Waals surface area contributed by atoms with E-state index in [0.717, 1.165) is 6.42 Å². The zero-order valence-corrected chi connectivity index (χ0v) is 18.0. The molecule has 0 heterocycles. The van der Waals surface area contributed by atoms with E-state index in [1.54, 1.807) is 0 Å². The number of rotatable bonds is 7. The molecule has 0 spiro atoms. The van der Waals surface area contributed by atoms with Gasteiger partial charge in [-0.1, -0.05) is 118 Å². The van der Waals surface area contributed by atoms with Crippen molar-refractivity contribution in [3.8, 4) is 0 Å². The van der Waals surface area contributed by atoms with E-state index in [0.29, 0.717) is 5.92 Å². The molecule has 0 amide bonds. The summed E-state index contributed by atoms with van der Waals surface area (Å²) in [6.07, 6.45) is 11.9. The van der Waals surface area contributed by atoms with E-state index in [2.05, 4.69) is 101 Å². The van der Waals surface area contributed by atoms with Gasteiger partial charge >= 0.3 is 0 Å². The van der Waals surface area contributed by atoms with E-state index < -0.39 is 0 Å². The Bertz CT molecular complexity index is 641. The monoisotopic (exact) mass is 362 g/mol. The second-order valence-corrected chi connectivity index (χ2v) is 6.45. The summed E-state index contributed by atoms with van der Waals surface area (Å²) in [5.74, 6) is 0.631. The first-order valence-corrected chi connectivity index (χ1v) is 10.1. The van der Waals surface area contributed by atoms with Gasteiger partial charge < -0.3 is 0 Å². The van der Waals surface area contributed by atoms with Crippen molar-refractivity contribution >= 4 is 12.2 Å². The lowest BCUT2D eigenvalue weighted by atomic mass is 9.99. The van der Waals surface area contributed by atoms with Gasteiger partial charge in [0.05, 0.1) is 0 Å². The normalized spacial score (nSPS) is 10.9. The topological polar surface area (TPSA) is 0 Å². The standard InChI is InChI=1S/C16H22.C9H10.C2H6/c1-4-7-15(5-2)8-6-9-16-12-10-14(3)11-13-16;1-3-9-6-4-8(2)5-7-9;1-2/h5-6,9-13,15H,2,4,7-8H2,1,3H3;3-7H,1H2,2H3;1-2H3/b9-6+;;. The Morgan fingerprint density at radius 2 is 1.30 bits per heavy atom. The van der Waals surface area contributed by atoms with Gasteiger partial charge in [-0.3, -0.25) is 0 Å². The summed E-state index contributed by atoms with van der Waals surface area (Å²) in [5, 5.41) is 0. The molecule has 146 valence electrons. The molecule has 0 fully saturated rings. The van der Waals surface area contributed by atoms with Crippen molar-refractivity contribution in [1.82, 2.24) is 0 Å². The molecule has 0 N–H and O–H groups in total. The van der Waals surface area contributed by atoms with Gasteiger partial charge in [0.25, 0.3) is 0 Å². The minimum absolute atomic E-state index is 0.631. The molecule has 0 saturated carbocycles. The number of hydrogen-bond acceptors (Lipinski definition) is 0. The molecule has 27 heavy (non-hydrogen) atoms. The third-order valence-electron chi connectivity index (χ3n) is 4.13. The molecule has 0 radical (unpaired) electrons. The van der Waals surface area contributed by atoms with Crippen LogP contribution in [0.5, 0.6) is 0 Å². The first-order valence-electron chi connectivity index (χ1n) is 10.1. The van der Waals surface area contributed by atoms with Crippen molar-refractivity contribution in [3.05, 3.63) is 96.1 Å². The molecular formula is C27H38. The first kappa shape index (κ1) is 24.7. The smallest absolute Gasteiger partial charge is 0.0202 e. The summed E-state index contributed by atoms with van der Waals surface area (Å²) in [5.41, 5.74) is 5.07. The van der Waals surface area contributed by atoms with Crippen LogP contribution < -0.4 is 0 Å². The van der Waals surface area contributed by atoms with Crippen LogP contribution in [0, 0.1) is 19.8 Å². The number of benzene rings is 2. The van der Waals surface area contributed by atoms with Crippen LogP contribution in [0.2, 0.25) is 0 Å². The van der Waals surface area contributed by atoms with Crippen LogP contribution in [-0.2, 0) is 0 Å². The fourth-order valence-electron chi connectivity index (χ4n) is 2.46. The molecule has 1 unspecified atom stereocenters. The van der Waals surface area contributed by atoms with Crippen molar-refractivity contribution in [1.29, 1.82) is 0 Å². The predicted octanol–water partition coefficient (Wildman–Crippen LogP) is 8.66. The van der Waals surface area contributed by atoms with Crippen molar-refractivity contribution in [3.63, 3.8) is 0 Å². The Kier molecular flexibility index (Phi) is 14.5. The highest BCUT2D eigenvalue weighted by Crippen LogP contribution is 2.14. The Hall–Kier alpha value is -2.34. The third-order valence-corrected chi connectivity index (χ3v) is 4.13. The fraction of sp³-hybridized carbons (Fsp3) is 0.333. The molecular weight excluding hydrogens is 324 g/mol. The summed E-state index contributed by atoms with van der Waals surface area (Å²) in [6, 6.07) is 16.9. The zero-order valence-electron chi connectivity index (χ0n) is 18.0. The number of allylic oxidation sites excluding steroid dienone is 2. The van der Waals surface area contributed by atoms with Crippen LogP contribution >= 0.6 is 0 Å². The second-order valence-electron chi connectivity index (χ2n) is 6.45. The molecule has 0 nitrogen and oxygen atoms in total. The summed E-state index contributed by atoms with van der Waals surface area (Å²) in [7, 11) is 0. The van der Waals surface area contributed by atoms with Crippen LogP contribution in [-0.4, -0.2) is 0 Å². The SMILES string of the molecule is C=CC(C/C=C/c1ccc(C)cc1)CCC.C=Cc1ccc(C)cc1.CC. The highest BCUT2D eigenvalue weighted by molar-refractivity contribution is 5.49. The Balaban J connectivity index is 0.000000519. The Labute approximate surface area is 168 Å². The van der Waals surface area contributed by atoms with E-state index in [-0.39, 0.29) is 0 Å². The molecule has 0 heteroatoms. The molecule has 0 aliphatic heterocycles. The average molecular weight is 363 g/mol. The molecule has 0 aromatic heterocycles. The summed E-state index contributed by atoms with van der Waals surface area (Å²) < 4.78 is 0. The van der Waals surface area contributed by atoms with Crippen LogP contribution in [0.15, 0.2) is 73.8 Å². The maximum absolute atomic E-state index is 3.88. The van der Waals surface area contributed by atoms with Gasteiger partial charge in [-0.05, 0) is 43.7 Å². The third kappa shape index (κ3) is 11.8. The number of hydrogen-bond donors (Lipinski definition) is 0. The molecule has 2 aromatic carbocycles. The zero-order chi connectivity index (χ0) is 20.5. The van der Waals surface area contributed by atoms with Crippen molar-refractivity contribution < 1.29 is 0 Å². The largest absolute Gasteiger partial charge is 0.103 e. The minimum atomic E-state index is 0.631. The lowest BCUT2D eigenvalue weighted by Crippen LogP contribution is -1.92. The maximum atomic E-state index is 3.88. The Morgan fingerprint density at radius 1 is 0.815 bits per heavy atom. The first-order chi connectivity index (χ1) is 13.1. The van der Waals surface area contributed by atoms with Crippen molar-refractivity contribution in [2.24, 2.45) is 5.92 Å². The van der Waals surface area contributed by atoms with Crippen molar-refractivity contribution in [2.75, 3.05) is 0 Å². The molecule has 0 saturated heterocycles. The highest BCUT2D eigenvalue weighted by Gasteiger charge is 1.98. The van der Waals surface area contributed by atoms with Crippen LogP contribution in [0.3, 0.4) is 0 Å². The van der Waals surface area contributed by atoms with Gasteiger partial charge in [0.2, 0.25) is 0 Å². The quantitative estimate of drug-likeness (QED) is 0.432. The van der Waals surface area contributed by atoms with Gasteiger partial charge in [0.15, 0.2) is 0 Å². The van der Waals surface area contributed by atoms with Gasteiger partial charge in [0.1, 0.15) is 0 Å². The molecule has 2 aromatic rings. The van der Waals surface area contributed by atoms with E-state index in [1.807, 2.05) is 19.9 Å². The predicted molar refractivity (Wildman–Crippen MR) is 126 cm³/mol. The number of aryl methyl sites for hydroxylation is 2.